The molecule has 266 valence electrons. The lowest BCUT2D eigenvalue weighted by molar-refractivity contribution is 0.0130. The number of nitrogens with zero attached hydrogens (tertiary/aromatic N) is 4. The summed E-state index contributed by atoms with van der Waals surface area (Å²) in [7, 11) is 0. The predicted octanol–water partition coefficient (Wildman–Crippen LogP) is 9.55. The molecule has 4 heterocycles. The standard InChI is InChI=1S/C40H52N6O4/c1-23-19-33(45(25(23)3)37(47)49-39(5,6)7)35-41-21-31(43-35)29-15-11-27(12-16-29)28-13-17-30(18-14-28)32-22-42-36(44-32)34-20-24(2)26(4)46(34)38(48)50-40(8,9)10/h11-18,21-26,33-34H,19-20H2,1-10H3,(H,41,43)(H,42,44)/t23-,24-,25-,26-,33+,34+/m1/s1. The lowest BCUT2D eigenvalue weighted by Crippen LogP contribution is -2.41. The van der Waals surface area contributed by atoms with E-state index in [0.717, 1.165) is 58.1 Å². The fourth-order valence-corrected chi connectivity index (χ4v) is 7.13. The molecule has 2 saturated heterocycles. The molecule has 0 unspecified atom stereocenters. The van der Waals surface area contributed by atoms with Crippen LogP contribution in [0.15, 0.2) is 60.9 Å². The van der Waals surface area contributed by atoms with Gasteiger partial charge in [0.2, 0.25) is 0 Å². The Kier molecular flexibility index (Phi) is 9.35. The number of ether oxygens (including phenoxy) is 2. The highest BCUT2D eigenvalue weighted by Crippen LogP contribution is 2.41. The summed E-state index contributed by atoms with van der Waals surface area (Å²) < 4.78 is 11.5. The molecule has 2 fully saturated rings. The minimum absolute atomic E-state index is 0.0545. The highest BCUT2D eigenvalue weighted by molar-refractivity contribution is 5.73. The van der Waals surface area contributed by atoms with Gasteiger partial charge < -0.3 is 19.4 Å². The van der Waals surface area contributed by atoms with Gasteiger partial charge in [-0.2, -0.15) is 0 Å². The molecule has 10 nitrogen and oxygen atoms in total. The topological polar surface area (TPSA) is 116 Å². The third kappa shape index (κ3) is 7.30. The summed E-state index contributed by atoms with van der Waals surface area (Å²) >= 11 is 0. The van der Waals surface area contributed by atoms with E-state index in [9.17, 15) is 9.59 Å². The van der Waals surface area contributed by atoms with Crippen LogP contribution in [0.25, 0.3) is 33.6 Å². The maximum absolute atomic E-state index is 13.1. The van der Waals surface area contributed by atoms with E-state index in [1.54, 1.807) is 0 Å². The maximum Gasteiger partial charge on any atom is 0.411 e. The number of rotatable bonds is 5. The third-order valence-electron chi connectivity index (χ3n) is 10.1. The number of carbonyl (C=O) groups excluding carboxylic acids is 2. The second-order valence-corrected chi connectivity index (χ2v) is 16.2. The molecular formula is C40H52N6O4. The number of nitrogens with one attached hydrogen (secondary N) is 2. The van der Waals surface area contributed by atoms with E-state index in [0.29, 0.717) is 11.8 Å². The number of aromatic nitrogens is 4. The van der Waals surface area contributed by atoms with Crippen molar-refractivity contribution in [2.24, 2.45) is 11.8 Å². The number of H-pyrrole nitrogens is 2. The van der Waals surface area contributed by atoms with E-state index < -0.39 is 11.2 Å². The Bertz CT molecular complexity index is 1680. The molecule has 50 heavy (non-hydrogen) atoms. The van der Waals surface area contributed by atoms with Gasteiger partial charge in [0.15, 0.2) is 0 Å². The van der Waals surface area contributed by atoms with E-state index in [-0.39, 0.29) is 36.4 Å². The fourth-order valence-electron chi connectivity index (χ4n) is 7.13. The van der Waals surface area contributed by atoms with Crippen molar-refractivity contribution in [1.82, 2.24) is 29.7 Å². The molecule has 10 heteroatoms. The number of likely N-dealkylation sites (tertiary alicyclic amines) is 2. The van der Waals surface area contributed by atoms with Crippen molar-refractivity contribution >= 4 is 12.2 Å². The van der Waals surface area contributed by atoms with Crippen molar-refractivity contribution in [1.29, 1.82) is 0 Å². The summed E-state index contributed by atoms with van der Waals surface area (Å²) in [5.74, 6) is 2.21. The molecule has 2 aliphatic heterocycles. The first-order valence-electron chi connectivity index (χ1n) is 17.8. The molecule has 2 aliphatic rings. The average molecular weight is 681 g/mol. The number of carbonyl (C=O) groups is 2. The molecule has 0 aliphatic carbocycles. The van der Waals surface area contributed by atoms with Crippen LogP contribution >= 0.6 is 0 Å². The van der Waals surface area contributed by atoms with Crippen LogP contribution in [0, 0.1) is 11.8 Å². The second kappa shape index (κ2) is 13.3. The summed E-state index contributed by atoms with van der Waals surface area (Å²) in [5.41, 5.74) is 4.93. The predicted molar refractivity (Wildman–Crippen MR) is 195 cm³/mol. The Labute approximate surface area is 296 Å². The van der Waals surface area contributed by atoms with Gasteiger partial charge in [-0.25, -0.2) is 19.6 Å². The highest BCUT2D eigenvalue weighted by atomic mass is 16.6. The fraction of sp³-hybridized carbons (Fsp3) is 0.500. The lowest BCUT2D eigenvalue weighted by atomic mass is 10.0. The maximum atomic E-state index is 13.1. The summed E-state index contributed by atoms with van der Waals surface area (Å²) in [5, 5.41) is 0. The van der Waals surface area contributed by atoms with Crippen molar-refractivity contribution in [2.45, 2.75) is 117 Å². The minimum Gasteiger partial charge on any atom is -0.444 e. The van der Waals surface area contributed by atoms with Gasteiger partial charge in [0.1, 0.15) is 22.9 Å². The number of benzene rings is 2. The first kappa shape index (κ1) is 35.2. The zero-order valence-electron chi connectivity index (χ0n) is 31.1. The molecule has 2 aromatic carbocycles. The molecule has 2 amide bonds. The zero-order chi connectivity index (χ0) is 36.1. The molecule has 2 N–H and O–H groups in total. The van der Waals surface area contributed by atoms with E-state index in [2.05, 4.69) is 86.2 Å². The van der Waals surface area contributed by atoms with Crippen LogP contribution in [0.4, 0.5) is 9.59 Å². The molecule has 0 bridgehead atoms. The molecule has 0 saturated carbocycles. The van der Waals surface area contributed by atoms with Gasteiger partial charge in [0.25, 0.3) is 0 Å². The van der Waals surface area contributed by atoms with Crippen molar-refractivity contribution in [2.75, 3.05) is 0 Å². The van der Waals surface area contributed by atoms with E-state index in [1.165, 1.54) is 0 Å². The lowest BCUT2D eigenvalue weighted by Gasteiger charge is -2.31. The molecule has 4 aromatic rings. The van der Waals surface area contributed by atoms with Crippen LogP contribution in [-0.2, 0) is 9.47 Å². The summed E-state index contributed by atoms with van der Waals surface area (Å²) in [6.45, 7) is 19.8. The Morgan fingerprint density at radius 3 is 1.24 bits per heavy atom. The van der Waals surface area contributed by atoms with E-state index in [4.69, 9.17) is 19.4 Å². The number of hydrogen-bond donors (Lipinski definition) is 2. The van der Waals surface area contributed by atoms with Crippen molar-refractivity contribution in [3.8, 4) is 33.6 Å². The number of imidazole rings is 2. The van der Waals surface area contributed by atoms with Gasteiger partial charge in [0.05, 0.1) is 35.9 Å². The molecular weight excluding hydrogens is 628 g/mol. The van der Waals surface area contributed by atoms with Crippen LogP contribution < -0.4 is 0 Å². The quantitative estimate of drug-likeness (QED) is 0.217. The van der Waals surface area contributed by atoms with Gasteiger partial charge in [-0.1, -0.05) is 62.4 Å². The molecule has 0 spiro atoms. The van der Waals surface area contributed by atoms with Crippen molar-refractivity contribution < 1.29 is 19.1 Å². The van der Waals surface area contributed by atoms with Gasteiger partial charge >= 0.3 is 12.2 Å². The van der Waals surface area contributed by atoms with E-state index >= 15 is 0 Å². The Hall–Kier alpha value is -4.60. The van der Waals surface area contributed by atoms with Crippen LogP contribution in [0.1, 0.15) is 106 Å². The summed E-state index contributed by atoms with van der Waals surface area (Å²) in [6, 6.07) is 16.6. The smallest absolute Gasteiger partial charge is 0.411 e. The van der Waals surface area contributed by atoms with Gasteiger partial charge in [-0.15, -0.1) is 0 Å². The largest absolute Gasteiger partial charge is 0.444 e. The monoisotopic (exact) mass is 680 g/mol. The van der Waals surface area contributed by atoms with Gasteiger partial charge in [0, 0.05) is 12.1 Å². The molecule has 2 aromatic heterocycles. The van der Waals surface area contributed by atoms with Crippen LogP contribution in [0.5, 0.6) is 0 Å². The third-order valence-corrected chi connectivity index (χ3v) is 10.1. The van der Waals surface area contributed by atoms with Crippen molar-refractivity contribution in [3.63, 3.8) is 0 Å². The Balaban J connectivity index is 1.14. The number of hydrogen-bond acceptors (Lipinski definition) is 6. The second-order valence-electron chi connectivity index (χ2n) is 16.2. The number of aromatic amines is 2. The van der Waals surface area contributed by atoms with Crippen LogP contribution in [0.3, 0.4) is 0 Å². The Morgan fingerprint density at radius 2 is 0.920 bits per heavy atom. The normalized spacial score (nSPS) is 24.1. The van der Waals surface area contributed by atoms with Gasteiger partial charge in [-0.05, 0) is 102 Å². The SMILES string of the molecule is C[C@@H]1C[C@@H](c2ncc(-c3ccc(-c4ccc(-c5cnc([C@@H]6C[C@@H](C)[C@@H](C)N6C(=O)OC(C)(C)C)[nH]5)cc4)cc3)[nH]2)N(C(=O)OC(C)(C)C)[C@@H]1C. The first-order valence-corrected chi connectivity index (χ1v) is 17.8. The molecule has 6 atom stereocenters. The van der Waals surface area contributed by atoms with Crippen molar-refractivity contribution in [3.05, 3.63) is 72.6 Å². The average Bonchev–Trinajstić information content (AvgIpc) is 3.83. The molecule has 6 rings (SSSR count). The van der Waals surface area contributed by atoms with Crippen LogP contribution in [0.2, 0.25) is 0 Å². The summed E-state index contributed by atoms with van der Waals surface area (Å²) in [4.78, 5) is 46.4. The first-order chi connectivity index (χ1) is 23.5. The highest BCUT2D eigenvalue weighted by Gasteiger charge is 2.44. The minimum atomic E-state index is -0.563. The molecule has 0 radical (unpaired) electrons. The number of amides is 2. The van der Waals surface area contributed by atoms with Gasteiger partial charge in [-0.3, -0.25) is 9.80 Å². The summed E-state index contributed by atoms with van der Waals surface area (Å²) in [6.07, 6.45) is 4.74. The zero-order valence-corrected chi connectivity index (χ0v) is 31.1. The van der Waals surface area contributed by atoms with E-state index in [1.807, 2.05) is 63.7 Å². The van der Waals surface area contributed by atoms with Crippen LogP contribution in [-0.4, -0.2) is 65.2 Å². The Morgan fingerprint density at radius 1 is 0.600 bits per heavy atom.